The molecule has 96 valence electrons. The highest BCUT2D eigenvalue weighted by atomic mass is 19.1. The first-order valence-electron chi connectivity index (χ1n) is 6.33. The minimum Gasteiger partial charge on any atom is -0.352 e. The lowest BCUT2D eigenvalue weighted by molar-refractivity contribution is 0.0946. The molecule has 0 unspecified atom stereocenters. The first kappa shape index (κ1) is 11.9. The van der Waals surface area contributed by atoms with E-state index in [1.807, 2.05) is 24.3 Å². The second-order valence-electron chi connectivity index (χ2n) is 4.84. The zero-order chi connectivity index (χ0) is 13.4. The Hall–Kier alpha value is -2.16. The molecule has 1 aliphatic rings. The van der Waals surface area contributed by atoms with E-state index in [0.29, 0.717) is 12.1 Å². The Bertz CT molecular complexity index is 664. The van der Waals surface area contributed by atoms with E-state index in [-0.39, 0.29) is 11.7 Å². The van der Waals surface area contributed by atoms with Crippen molar-refractivity contribution in [3.63, 3.8) is 0 Å². The van der Waals surface area contributed by atoms with E-state index in [1.54, 1.807) is 19.1 Å². The zero-order valence-electron chi connectivity index (χ0n) is 10.7. The Balaban J connectivity index is 2.06. The summed E-state index contributed by atoms with van der Waals surface area (Å²) >= 11 is 0. The van der Waals surface area contributed by atoms with Gasteiger partial charge in [0, 0.05) is 12.1 Å². The molecule has 0 fully saturated rings. The number of hydrogen-bond acceptors (Lipinski definition) is 1. The van der Waals surface area contributed by atoms with Crippen LogP contribution < -0.4 is 5.32 Å². The van der Waals surface area contributed by atoms with Crippen molar-refractivity contribution in [2.24, 2.45) is 0 Å². The fourth-order valence-electron chi connectivity index (χ4n) is 2.38. The number of rotatable bonds is 1. The van der Waals surface area contributed by atoms with Crippen LogP contribution in [0.15, 0.2) is 36.4 Å². The summed E-state index contributed by atoms with van der Waals surface area (Å²) in [6.45, 7) is 2.41. The Labute approximate surface area is 111 Å². The van der Waals surface area contributed by atoms with Crippen LogP contribution in [0.3, 0.4) is 0 Å². The van der Waals surface area contributed by atoms with Crippen molar-refractivity contribution in [3.05, 3.63) is 58.9 Å². The SMILES string of the molecule is Cc1ccc(-c2ccc3c(c2)CCNC3=O)cc1F. The van der Waals surface area contributed by atoms with Crippen molar-refractivity contribution < 1.29 is 9.18 Å². The van der Waals surface area contributed by atoms with Gasteiger partial charge in [0.1, 0.15) is 5.82 Å². The fraction of sp³-hybridized carbons (Fsp3) is 0.188. The van der Waals surface area contributed by atoms with Gasteiger partial charge in [-0.2, -0.15) is 0 Å². The van der Waals surface area contributed by atoms with Crippen molar-refractivity contribution in [2.75, 3.05) is 6.54 Å². The minimum atomic E-state index is -0.201. The van der Waals surface area contributed by atoms with Crippen LogP contribution in [0.2, 0.25) is 0 Å². The third-order valence-corrected chi connectivity index (χ3v) is 3.53. The third kappa shape index (κ3) is 2.12. The molecule has 2 aromatic rings. The van der Waals surface area contributed by atoms with Crippen molar-refractivity contribution in [2.45, 2.75) is 13.3 Å². The summed E-state index contributed by atoms with van der Waals surface area (Å²) < 4.78 is 13.6. The van der Waals surface area contributed by atoms with Crippen LogP contribution in [0.1, 0.15) is 21.5 Å². The predicted molar refractivity (Wildman–Crippen MR) is 72.6 cm³/mol. The molecule has 0 radical (unpaired) electrons. The molecule has 0 aliphatic carbocycles. The Kier molecular flexibility index (Phi) is 2.82. The molecule has 0 atom stereocenters. The first-order chi connectivity index (χ1) is 9.15. The molecular weight excluding hydrogens is 241 g/mol. The lowest BCUT2D eigenvalue weighted by atomic mass is 9.94. The Morgan fingerprint density at radius 3 is 2.63 bits per heavy atom. The maximum atomic E-state index is 13.6. The highest BCUT2D eigenvalue weighted by molar-refractivity contribution is 5.97. The summed E-state index contributed by atoms with van der Waals surface area (Å²) in [5.74, 6) is -0.226. The standard InChI is InChI=1S/C16H14FNO/c1-10-2-3-12(9-15(10)17)11-4-5-14-13(8-11)6-7-18-16(14)19/h2-5,8-9H,6-7H2,1H3,(H,18,19). The summed E-state index contributed by atoms with van der Waals surface area (Å²) in [4.78, 5) is 11.7. The number of amides is 1. The lowest BCUT2D eigenvalue weighted by Gasteiger charge is -2.17. The lowest BCUT2D eigenvalue weighted by Crippen LogP contribution is -2.31. The van der Waals surface area contributed by atoms with Crippen molar-refractivity contribution >= 4 is 5.91 Å². The summed E-state index contributed by atoms with van der Waals surface area (Å²) in [5.41, 5.74) is 4.19. The first-order valence-corrected chi connectivity index (χ1v) is 6.33. The van der Waals surface area contributed by atoms with Gasteiger partial charge in [0.25, 0.3) is 5.91 Å². The molecule has 0 saturated carbocycles. The highest BCUT2D eigenvalue weighted by Crippen LogP contribution is 2.25. The second kappa shape index (κ2) is 4.50. The van der Waals surface area contributed by atoms with Crippen LogP contribution >= 0.6 is 0 Å². The van der Waals surface area contributed by atoms with Gasteiger partial charge in [-0.25, -0.2) is 4.39 Å². The largest absolute Gasteiger partial charge is 0.352 e. The number of halogens is 1. The van der Waals surface area contributed by atoms with Gasteiger partial charge in [0.2, 0.25) is 0 Å². The number of fused-ring (bicyclic) bond motifs is 1. The van der Waals surface area contributed by atoms with Gasteiger partial charge < -0.3 is 5.32 Å². The van der Waals surface area contributed by atoms with E-state index in [2.05, 4.69) is 5.32 Å². The molecule has 2 nitrogen and oxygen atoms in total. The molecule has 0 saturated heterocycles. The van der Waals surface area contributed by atoms with Gasteiger partial charge in [-0.1, -0.05) is 24.3 Å². The topological polar surface area (TPSA) is 29.1 Å². The fourth-order valence-corrected chi connectivity index (χ4v) is 2.38. The van der Waals surface area contributed by atoms with Crippen LogP contribution in [-0.2, 0) is 6.42 Å². The van der Waals surface area contributed by atoms with Crippen molar-refractivity contribution in [3.8, 4) is 11.1 Å². The molecule has 1 amide bonds. The van der Waals surface area contributed by atoms with Gasteiger partial charge in [0.15, 0.2) is 0 Å². The van der Waals surface area contributed by atoms with E-state index < -0.39 is 0 Å². The maximum Gasteiger partial charge on any atom is 0.251 e. The van der Waals surface area contributed by atoms with Crippen LogP contribution in [-0.4, -0.2) is 12.5 Å². The summed E-state index contributed by atoms with van der Waals surface area (Å²) in [5, 5.41) is 2.82. The zero-order valence-corrected chi connectivity index (χ0v) is 10.7. The molecule has 0 aromatic heterocycles. The molecule has 1 N–H and O–H groups in total. The van der Waals surface area contributed by atoms with Crippen LogP contribution in [0, 0.1) is 12.7 Å². The van der Waals surface area contributed by atoms with E-state index in [9.17, 15) is 9.18 Å². The molecule has 0 bridgehead atoms. The molecule has 2 aromatic carbocycles. The molecule has 0 spiro atoms. The molecule has 1 aliphatic heterocycles. The van der Waals surface area contributed by atoms with E-state index in [4.69, 9.17) is 0 Å². The van der Waals surface area contributed by atoms with Gasteiger partial charge in [-0.3, -0.25) is 4.79 Å². The molecule has 3 heteroatoms. The number of nitrogens with one attached hydrogen (secondary N) is 1. The van der Waals surface area contributed by atoms with E-state index in [0.717, 1.165) is 28.7 Å². The number of carbonyl (C=O) groups excluding carboxylic acids is 1. The average molecular weight is 255 g/mol. The highest BCUT2D eigenvalue weighted by Gasteiger charge is 2.16. The average Bonchev–Trinajstić information content (AvgIpc) is 2.42. The van der Waals surface area contributed by atoms with Gasteiger partial charge >= 0.3 is 0 Å². The van der Waals surface area contributed by atoms with Crippen LogP contribution in [0.4, 0.5) is 4.39 Å². The van der Waals surface area contributed by atoms with Gasteiger partial charge in [-0.05, 0) is 47.7 Å². The third-order valence-electron chi connectivity index (χ3n) is 3.53. The minimum absolute atomic E-state index is 0.0251. The Morgan fingerprint density at radius 2 is 1.84 bits per heavy atom. The van der Waals surface area contributed by atoms with E-state index >= 15 is 0 Å². The monoisotopic (exact) mass is 255 g/mol. The predicted octanol–water partition coefficient (Wildman–Crippen LogP) is 3.09. The van der Waals surface area contributed by atoms with Gasteiger partial charge in [0.05, 0.1) is 0 Å². The van der Waals surface area contributed by atoms with Crippen molar-refractivity contribution in [1.29, 1.82) is 0 Å². The number of aryl methyl sites for hydroxylation is 1. The molecule has 3 rings (SSSR count). The smallest absolute Gasteiger partial charge is 0.251 e. The van der Waals surface area contributed by atoms with Crippen LogP contribution in [0.25, 0.3) is 11.1 Å². The number of carbonyl (C=O) groups is 1. The molecular formula is C16H14FNO. The Morgan fingerprint density at radius 1 is 1.11 bits per heavy atom. The number of benzene rings is 2. The van der Waals surface area contributed by atoms with Crippen LogP contribution in [0.5, 0.6) is 0 Å². The maximum absolute atomic E-state index is 13.6. The normalized spacial score (nSPS) is 13.9. The summed E-state index contributed by atoms with van der Waals surface area (Å²) in [6.07, 6.45) is 0.823. The summed E-state index contributed by atoms with van der Waals surface area (Å²) in [6, 6.07) is 10.9. The second-order valence-corrected chi connectivity index (χ2v) is 4.84. The molecule has 19 heavy (non-hydrogen) atoms. The van der Waals surface area contributed by atoms with Crippen molar-refractivity contribution in [1.82, 2.24) is 5.32 Å². The molecule has 1 heterocycles. The number of hydrogen-bond donors (Lipinski definition) is 1. The van der Waals surface area contributed by atoms with E-state index in [1.165, 1.54) is 0 Å². The quantitative estimate of drug-likeness (QED) is 0.833. The van der Waals surface area contributed by atoms with Gasteiger partial charge in [-0.15, -0.1) is 0 Å². The summed E-state index contributed by atoms with van der Waals surface area (Å²) in [7, 11) is 0.